The number of aromatic nitrogens is 2. The van der Waals surface area contributed by atoms with Crippen molar-refractivity contribution in [2.45, 2.75) is 32.9 Å². The molecule has 5 heteroatoms. The van der Waals surface area contributed by atoms with E-state index in [1.165, 1.54) is 0 Å². The third kappa shape index (κ3) is 2.49. The minimum atomic E-state index is 0.443. The predicted octanol–water partition coefficient (Wildman–Crippen LogP) is 2.22. The van der Waals surface area contributed by atoms with Crippen molar-refractivity contribution in [2.24, 2.45) is 0 Å². The molecule has 2 aromatic heterocycles. The average Bonchev–Trinajstić information content (AvgIpc) is 2.95. The first-order valence-corrected chi connectivity index (χ1v) is 5.39. The fraction of sp³-hybridized carbons (Fsp3) is 0.455. The number of furan rings is 1. The molecule has 1 unspecified atom stereocenters. The molecule has 0 aliphatic carbocycles. The van der Waals surface area contributed by atoms with Gasteiger partial charge in [0.2, 0.25) is 11.7 Å². The maximum Gasteiger partial charge on any atom is 0.241 e. The smallest absolute Gasteiger partial charge is 0.241 e. The molecule has 0 amide bonds. The van der Waals surface area contributed by atoms with E-state index in [1.807, 2.05) is 0 Å². The van der Waals surface area contributed by atoms with Crippen LogP contribution in [0.5, 0.6) is 0 Å². The summed E-state index contributed by atoms with van der Waals surface area (Å²) in [6.07, 6.45) is 2.65. The highest BCUT2D eigenvalue weighted by Crippen LogP contribution is 2.15. The maximum absolute atomic E-state index is 5.17. The van der Waals surface area contributed by atoms with E-state index in [0.717, 1.165) is 6.42 Å². The molecule has 0 saturated heterocycles. The molecule has 1 atom stereocenters. The molecule has 0 fully saturated rings. The molecule has 5 nitrogen and oxygen atoms in total. The minimum absolute atomic E-state index is 0.443. The van der Waals surface area contributed by atoms with Crippen molar-refractivity contribution < 1.29 is 8.94 Å². The van der Waals surface area contributed by atoms with Gasteiger partial charge in [-0.25, -0.2) is 0 Å². The normalized spacial score (nSPS) is 12.9. The summed E-state index contributed by atoms with van der Waals surface area (Å²) in [5, 5.41) is 7.12. The zero-order chi connectivity index (χ0) is 11.4. The largest absolute Gasteiger partial charge is 0.461 e. The lowest BCUT2D eigenvalue weighted by atomic mass is 10.3. The van der Waals surface area contributed by atoms with Gasteiger partial charge < -0.3 is 14.3 Å². The molecule has 1 N–H and O–H groups in total. The quantitative estimate of drug-likeness (QED) is 0.838. The summed E-state index contributed by atoms with van der Waals surface area (Å²) in [7, 11) is 0. The Labute approximate surface area is 93.8 Å². The van der Waals surface area contributed by atoms with Gasteiger partial charge in [0.15, 0.2) is 5.76 Å². The maximum atomic E-state index is 5.17. The summed E-state index contributed by atoms with van der Waals surface area (Å²) < 4.78 is 10.3. The monoisotopic (exact) mass is 221 g/mol. The predicted molar refractivity (Wildman–Crippen MR) is 58.6 cm³/mol. The molecule has 16 heavy (non-hydrogen) atoms. The molecule has 2 rings (SSSR count). The van der Waals surface area contributed by atoms with Crippen LogP contribution in [-0.4, -0.2) is 16.2 Å². The Balaban J connectivity index is 1.98. The van der Waals surface area contributed by atoms with Gasteiger partial charge in [-0.1, -0.05) is 12.1 Å². The van der Waals surface area contributed by atoms with Crippen LogP contribution < -0.4 is 5.32 Å². The third-order valence-electron chi connectivity index (χ3n) is 2.42. The first kappa shape index (κ1) is 10.9. The van der Waals surface area contributed by atoms with Crippen LogP contribution in [0.4, 0.5) is 0 Å². The molecule has 0 saturated carbocycles. The first-order chi connectivity index (χ1) is 7.79. The van der Waals surface area contributed by atoms with Crippen LogP contribution in [-0.2, 0) is 6.54 Å². The van der Waals surface area contributed by atoms with Crippen molar-refractivity contribution in [3.63, 3.8) is 0 Å². The fourth-order valence-electron chi connectivity index (χ4n) is 1.24. The van der Waals surface area contributed by atoms with E-state index in [1.54, 1.807) is 18.4 Å². The van der Waals surface area contributed by atoms with Gasteiger partial charge in [0.05, 0.1) is 12.8 Å². The summed E-state index contributed by atoms with van der Waals surface area (Å²) in [5.41, 5.74) is 0. The molecular formula is C11H15N3O2. The molecule has 2 heterocycles. The van der Waals surface area contributed by atoms with E-state index in [9.17, 15) is 0 Å². The molecule has 2 aromatic rings. The summed E-state index contributed by atoms with van der Waals surface area (Å²) in [6, 6.07) is 4.04. The lowest BCUT2D eigenvalue weighted by Gasteiger charge is -2.07. The van der Waals surface area contributed by atoms with Gasteiger partial charge in [-0.15, -0.1) is 0 Å². The Kier molecular flexibility index (Phi) is 3.36. The summed E-state index contributed by atoms with van der Waals surface area (Å²) in [4.78, 5) is 4.22. The van der Waals surface area contributed by atoms with Gasteiger partial charge in [-0.2, -0.15) is 4.98 Å². The second-order valence-corrected chi connectivity index (χ2v) is 3.68. The van der Waals surface area contributed by atoms with Gasteiger partial charge in [-0.3, -0.25) is 0 Å². The molecule has 0 aromatic carbocycles. The van der Waals surface area contributed by atoms with Crippen molar-refractivity contribution >= 4 is 0 Å². The number of rotatable bonds is 5. The van der Waals surface area contributed by atoms with Gasteiger partial charge >= 0.3 is 0 Å². The minimum Gasteiger partial charge on any atom is -0.461 e. The van der Waals surface area contributed by atoms with E-state index in [4.69, 9.17) is 8.94 Å². The third-order valence-corrected chi connectivity index (χ3v) is 2.42. The van der Waals surface area contributed by atoms with Gasteiger partial charge in [-0.05, 0) is 25.5 Å². The Hall–Kier alpha value is -1.62. The van der Waals surface area contributed by atoms with Crippen LogP contribution in [0, 0.1) is 0 Å². The first-order valence-electron chi connectivity index (χ1n) is 5.39. The van der Waals surface area contributed by atoms with Crippen molar-refractivity contribution in [1.82, 2.24) is 15.5 Å². The molecule has 86 valence electrons. The fourth-order valence-corrected chi connectivity index (χ4v) is 1.24. The van der Waals surface area contributed by atoms with Crippen LogP contribution in [0.25, 0.3) is 11.6 Å². The highest BCUT2D eigenvalue weighted by molar-refractivity contribution is 5.44. The van der Waals surface area contributed by atoms with Crippen molar-refractivity contribution in [3.05, 3.63) is 24.3 Å². The summed E-state index contributed by atoms with van der Waals surface area (Å²) in [5.74, 6) is 1.69. The van der Waals surface area contributed by atoms with E-state index < -0.39 is 0 Å². The number of hydrogen-bond acceptors (Lipinski definition) is 5. The molecule has 0 aliphatic heterocycles. The lowest BCUT2D eigenvalue weighted by molar-refractivity contribution is 0.357. The SMILES string of the molecule is CCC(C)NCc1nc(-c2ccco2)no1. The van der Waals surface area contributed by atoms with Gasteiger partial charge in [0.25, 0.3) is 0 Å². The van der Waals surface area contributed by atoms with E-state index in [2.05, 4.69) is 29.3 Å². The van der Waals surface area contributed by atoms with Crippen LogP contribution in [0.2, 0.25) is 0 Å². The standard InChI is InChI=1S/C11H15N3O2/c1-3-8(2)12-7-10-13-11(14-16-10)9-5-4-6-15-9/h4-6,8,12H,3,7H2,1-2H3. The van der Waals surface area contributed by atoms with E-state index in [0.29, 0.717) is 30.1 Å². The molecule has 0 spiro atoms. The Morgan fingerprint density at radius 2 is 2.38 bits per heavy atom. The van der Waals surface area contributed by atoms with Crippen LogP contribution in [0.3, 0.4) is 0 Å². The zero-order valence-corrected chi connectivity index (χ0v) is 9.43. The molecular weight excluding hydrogens is 206 g/mol. The summed E-state index contributed by atoms with van der Waals surface area (Å²) >= 11 is 0. The Morgan fingerprint density at radius 1 is 1.50 bits per heavy atom. The Morgan fingerprint density at radius 3 is 3.06 bits per heavy atom. The zero-order valence-electron chi connectivity index (χ0n) is 9.43. The van der Waals surface area contributed by atoms with Gasteiger partial charge in [0, 0.05) is 6.04 Å². The van der Waals surface area contributed by atoms with E-state index >= 15 is 0 Å². The molecule has 0 bridgehead atoms. The Bertz CT molecular complexity index is 422. The van der Waals surface area contributed by atoms with Crippen LogP contribution in [0.1, 0.15) is 26.2 Å². The van der Waals surface area contributed by atoms with Crippen LogP contribution in [0.15, 0.2) is 27.3 Å². The highest BCUT2D eigenvalue weighted by Gasteiger charge is 2.10. The topological polar surface area (TPSA) is 64.1 Å². The molecule has 0 aliphatic rings. The second-order valence-electron chi connectivity index (χ2n) is 3.68. The second kappa shape index (κ2) is 4.94. The molecule has 0 radical (unpaired) electrons. The van der Waals surface area contributed by atoms with Gasteiger partial charge in [0.1, 0.15) is 0 Å². The number of nitrogens with zero attached hydrogens (tertiary/aromatic N) is 2. The van der Waals surface area contributed by atoms with Crippen molar-refractivity contribution in [2.75, 3.05) is 0 Å². The van der Waals surface area contributed by atoms with E-state index in [-0.39, 0.29) is 0 Å². The average molecular weight is 221 g/mol. The summed E-state index contributed by atoms with van der Waals surface area (Å²) in [6.45, 7) is 4.83. The van der Waals surface area contributed by atoms with Crippen LogP contribution >= 0.6 is 0 Å². The number of hydrogen-bond donors (Lipinski definition) is 1. The highest BCUT2D eigenvalue weighted by atomic mass is 16.5. The van der Waals surface area contributed by atoms with Crippen molar-refractivity contribution in [1.29, 1.82) is 0 Å². The lowest BCUT2D eigenvalue weighted by Crippen LogP contribution is -2.24. The van der Waals surface area contributed by atoms with Crippen molar-refractivity contribution in [3.8, 4) is 11.6 Å². The number of nitrogens with one attached hydrogen (secondary N) is 1.